The van der Waals surface area contributed by atoms with Crippen LogP contribution in [0.2, 0.25) is 5.15 Å². The summed E-state index contributed by atoms with van der Waals surface area (Å²) in [4.78, 5) is 17.5. The minimum absolute atomic E-state index is 0.0732. The Bertz CT molecular complexity index is 456. The molecular formula is C15H21ClN2O3. The van der Waals surface area contributed by atoms with E-state index in [0.29, 0.717) is 17.7 Å². The van der Waals surface area contributed by atoms with Crippen molar-refractivity contribution < 1.29 is 14.3 Å². The first-order valence-corrected chi connectivity index (χ1v) is 7.62. The Morgan fingerprint density at radius 3 is 2.71 bits per heavy atom. The highest BCUT2D eigenvalue weighted by Gasteiger charge is 2.24. The molecule has 0 unspecified atom stereocenters. The lowest BCUT2D eigenvalue weighted by Gasteiger charge is -2.31. The number of hydrogen-bond acceptors (Lipinski definition) is 4. The summed E-state index contributed by atoms with van der Waals surface area (Å²) in [5.74, 6) is 1.17. The molecule has 1 amide bonds. The van der Waals surface area contributed by atoms with Crippen molar-refractivity contribution >= 4 is 17.7 Å². The summed E-state index contributed by atoms with van der Waals surface area (Å²) in [5.41, 5.74) is 0. The van der Waals surface area contributed by atoms with Crippen LogP contribution in [-0.2, 0) is 4.74 Å². The third-order valence-electron chi connectivity index (χ3n) is 3.40. The average Bonchev–Trinajstić information content (AvgIpc) is 2.46. The van der Waals surface area contributed by atoms with Crippen LogP contribution in [0.3, 0.4) is 0 Å². The second kappa shape index (κ2) is 7.50. The molecule has 1 aromatic rings. The molecule has 0 spiro atoms. The van der Waals surface area contributed by atoms with E-state index in [1.807, 2.05) is 19.9 Å². The van der Waals surface area contributed by atoms with Gasteiger partial charge >= 0.3 is 6.09 Å². The summed E-state index contributed by atoms with van der Waals surface area (Å²) in [7, 11) is 0. The minimum Gasteiger partial charge on any atom is -0.492 e. The van der Waals surface area contributed by atoms with Crippen molar-refractivity contribution in [2.24, 2.45) is 5.92 Å². The van der Waals surface area contributed by atoms with Crippen LogP contribution in [0.5, 0.6) is 5.75 Å². The third kappa shape index (κ3) is 5.08. The van der Waals surface area contributed by atoms with Crippen LogP contribution in [0, 0.1) is 5.92 Å². The van der Waals surface area contributed by atoms with Gasteiger partial charge in [0.15, 0.2) is 0 Å². The van der Waals surface area contributed by atoms with Crippen LogP contribution < -0.4 is 4.74 Å². The molecule has 5 nitrogen and oxygen atoms in total. The molecule has 116 valence electrons. The first-order valence-electron chi connectivity index (χ1n) is 7.24. The molecule has 0 bridgehead atoms. The predicted octanol–water partition coefficient (Wildman–Crippen LogP) is 3.37. The molecule has 6 heteroatoms. The standard InChI is InChI=1S/C15H21ClN2O3/c1-11(2)21-15(19)18-7-5-12(6-8-18)10-20-13-3-4-14(16)17-9-13/h3-4,9,11-12H,5-8,10H2,1-2H3. The van der Waals surface area contributed by atoms with Gasteiger partial charge in [-0.25, -0.2) is 9.78 Å². The van der Waals surface area contributed by atoms with E-state index in [4.69, 9.17) is 21.1 Å². The normalized spacial score (nSPS) is 16.1. The Hall–Kier alpha value is -1.49. The van der Waals surface area contributed by atoms with Gasteiger partial charge < -0.3 is 14.4 Å². The van der Waals surface area contributed by atoms with Crippen molar-refractivity contribution in [3.63, 3.8) is 0 Å². The van der Waals surface area contributed by atoms with E-state index in [2.05, 4.69) is 4.98 Å². The summed E-state index contributed by atoms with van der Waals surface area (Å²) in [6.07, 6.45) is 3.18. The number of rotatable bonds is 4. The quantitative estimate of drug-likeness (QED) is 0.800. The zero-order valence-electron chi connectivity index (χ0n) is 12.4. The van der Waals surface area contributed by atoms with Crippen molar-refractivity contribution in [2.75, 3.05) is 19.7 Å². The van der Waals surface area contributed by atoms with Crippen LogP contribution in [0.1, 0.15) is 26.7 Å². The molecule has 21 heavy (non-hydrogen) atoms. The highest BCUT2D eigenvalue weighted by Crippen LogP contribution is 2.20. The fourth-order valence-corrected chi connectivity index (χ4v) is 2.33. The van der Waals surface area contributed by atoms with Gasteiger partial charge in [-0.05, 0) is 44.7 Å². The van der Waals surface area contributed by atoms with Gasteiger partial charge in [-0.2, -0.15) is 0 Å². The maximum absolute atomic E-state index is 11.8. The Morgan fingerprint density at radius 2 is 2.14 bits per heavy atom. The van der Waals surface area contributed by atoms with Crippen molar-refractivity contribution in [3.8, 4) is 5.75 Å². The molecule has 0 saturated carbocycles. The summed E-state index contributed by atoms with van der Waals surface area (Å²) >= 11 is 5.73. The Labute approximate surface area is 130 Å². The average molecular weight is 313 g/mol. The molecule has 0 radical (unpaired) electrons. The zero-order chi connectivity index (χ0) is 15.2. The highest BCUT2D eigenvalue weighted by atomic mass is 35.5. The van der Waals surface area contributed by atoms with Gasteiger partial charge in [0.2, 0.25) is 0 Å². The zero-order valence-corrected chi connectivity index (χ0v) is 13.2. The van der Waals surface area contributed by atoms with E-state index in [1.165, 1.54) is 0 Å². The Morgan fingerprint density at radius 1 is 1.43 bits per heavy atom. The molecule has 1 fully saturated rings. The summed E-state index contributed by atoms with van der Waals surface area (Å²) in [5, 5.41) is 0.458. The van der Waals surface area contributed by atoms with Crippen molar-refractivity contribution in [3.05, 3.63) is 23.5 Å². The maximum atomic E-state index is 11.8. The number of hydrogen-bond donors (Lipinski definition) is 0. The van der Waals surface area contributed by atoms with Crippen molar-refractivity contribution in [1.29, 1.82) is 0 Å². The van der Waals surface area contributed by atoms with Crippen molar-refractivity contribution in [2.45, 2.75) is 32.8 Å². The topological polar surface area (TPSA) is 51.7 Å². The van der Waals surface area contributed by atoms with Gasteiger partial charge in [0.05, 0.1) is 18.9 Å². The molecular weight excluding hydrogens is 292 g/mol. The second-order valence-electron chi connectivity index (χ2n) is 5.49. The van der Waals surface area contributed by atoms with E-state index in [1.54, 1.807) is 17.2 Å². The Kier molecular flexibility index (Phi) is 5.67. The fraction of sp³-hybridized carbons (Fsp3) is 0.600. The van der Waals surface area contributed by atoms with Crippen LogP contribution in [0.15, 0.2) is 18.3 Å². The monoisotopic (exact) mass is 312 g/mol. The lowest BCUT2D eigenvalue weighted by Crippen LogP contribution is -2.40. The van der Waals surface area contributed by atoms with E-state index < -0.39 is 0 Å². The first-order chi connectivity index (χ1) is 10.0. The smallest absolute Gasteiger partial charge is 0.410 e. The van der Waals surface area contributed by atoms with Crippen LogP contribution in [-0.4, -0.2) is 41.8 Å². The molecule has 2 rings (SSSR count). The van der Waals surface area contributed by atoms with E-state index in [-0.39, 0.29) is 12.2 Å². The van der Waals surface area contributed by atoms with Gasteiger partial charge in [0.25, 0.3) is 0 Å². The molecule has 0 N–H and O–H groups in total. The summed E-state index contributed by atoms with van der Waals surface area (Å²) < 4.78 is 10.9. The Balaban J connectivity index is 1.71. The number of aromatic nitrogens is 1. The number of piperidine rings is 1. The van der Waals surface area contributed by atoms with Gasteiger partial charge in [0.1, 0.15) is 10.9 Å². The highest BCUT2D eigenvalue weighted by molar-refractivity contribution is 6.29. The number of pyridine rings is 1. The number of halogens is 1. The number of amides is 1. The third-order valence-corrected chi connectivity index (χ3v) is 3.62. The van der Waals surface area contributed by atoms with E-state index >= 15 is 0 Å². The van der Waals surface area contributed by atoms with Gasteiger partial charge in [0, 0.05) is 13.1 Å². The van der Waals surface area contributed by atoms with E-state index in [0.717, 1.165) is 31.7 Å². The van der Waals surface area contributed by atoms with Crippen LogP contribution in [0.4, 0.5) is 4.79 Å². The number of carbonyl (C=O) groups is 1. The minimum atomic E-state index is -0.216. The van der Waals surface area contributed by atoms with Gasteiger partial charge in [-0.1, -0.05) is 11.6 Å². The number of likely N-dealkylation sites (tertiary alicyclic amines) is 1. The van der Waals surface area contributed by atoms with Crippen molar-refractivity contribution in [1.82, 2.24) is 9.88 Å². The fourth-order valence-electron chi connectivity index (χ4n) is 2.22. The first kappa shape index (κ1) is 15.9. The molecule has 1 saturated heterocycles. The van der Waals surface area contributed by atoms with E-state index in [9.17, 15) is 4.79 Å². The molecule has 1 aliphatic rings. The number of ether oxygens (including phenoxy) is 2. The lowest BCUT2D eigenvalue weighted by molar-refractivity contribution is 0.0608. The van der Waals surface area contributed by atoms with Gasteiger partial charge in [-0.3, -0.25) is 0 Å². The molecule has 0 aliphatic carbocycles. The summed E-state index contributed by atoms with van der Waals surface area (Å²) in [6.45, 7) is 5.80. The molecule has 1 aromatic heterocycles. The van der Waals surface area contributed by atoms with Gasteiger partial charge in [-0.15, -0.1) is 0 Å². The molecule has 0 atom stereocenters. The SMILES string of the molecule is CC(C)OC(=O)N1CCC(COc2ccc(Cl)nc2)CC1. The largest absolute Gasteiger partial charge is 0.492 e. The number of carbonyl (C=O) groups excluding carboxylic acids is 1. The molecule has 0 aromatic carbocycles. The molecule has 1 aliphatic heterocycles. The summed E-state index contributed by atoms with van der Waals surface area (Å²) in [6, 6.07) is 3.52. The maximum Gasteiger partial charge on any atom is 0.410 e. The predicted molar refractivity (Wildman–Crippen MR) is 80.7 cm³/mol. The second-order valence-corrected chi connectivity index (χ2v) is 5.88. The van der Waals surface area contributed by atoms with Crippen LogP contribution >= 0.6 is 11.6 Å². The number of nitrogens with zero attached hydrogens (tertiary/aromatic N) is 2. The molecule has 2 heterocycles. The lowest BCUT2D eigenvalue weighted by atomic mass is 9.98. The van der Waals surface area contributed by atoms with Crippen LogP contribution in [0.25, 0.3) is 0 Å².